The monoisotopic (exact) mass is 318 g/mol. The Morgan fingerprint density at radius 1 is 1.26 bits per heavy atom. The Balaban J connectivity index is 1.82. The zero-order valence-electron chi connectivity index (χ0n) is 12.3. The minimum Gasteiger partial charge on any atom is -0.452 e. The van der Waals surface area contributed by atoms with Gasteiger partial charge in [0.05, 0.1) is 6.61 Å². The SMILES string of the molecule is CCOC(=O)NC(=O)COC(=O)/C=C/c1nc2ccccc2o1. The van der Waals surface area contributed by atoms with E-state index in [4.69, 9.17) is 4.42 Å². The molecule has 1 N–H and O–H groups in total. The number of nitrogens with zero attached hydrogens (tertiary/aromatic N) is 1. The van der Waals surface area contributed by atoms with Crippen LogP contribution in [-0.2, 0) is 19.1 Å². The van der Waals surface area contributed by atoms with Crippen molar-refractivity contribution in [2.75, 3.05) is 13.2 Å². The Morgan fingerprint density at radius 2 is 2.04 bits per heavy atom. The number of ether oxygens (including phenoxy) is 2. The highest BCUT2D eigenvalue weighted by molar-refractivity contribution is 5.94. The van der Waals surface area contributed by atoms with Gasteiger partial charge in [0.2, 0.25) is 5.89 Å². The van der Waals surface area contributed by atoms with Gasteiger partial charge in [0, 0.05) is 12.2 Å². The number of oxazole rings is 1. The van der Waals surface area contributed by atoms with E-state index in [1.54, 1.807) is 25.1 Å². The zero-order valence-corrected chi connectivity index (χ0v) is 12.3. The van der Waals surface area contributed by atoms with Crippen LogP contribution in [0.25, 0.3) is 17.2 Å². The summed E-state index contributed by atoms with van der Waals surface area (Å²) in [7, 11) is 0. The molecule has 1 aromatic heterocycles. The lowest BCUT2D eigenvalue weighted by Gasteiger charge is -2.03. The molecule has 23 heavy (non-hydrogen) atoms. The van der Waals surface area contributed by atoms with E-state index in [-0.39, 0.29) is 12.5 Å². The number of nitrogens with one attached hydrogen (secondary N) is 1. The van der Waals surface area contributed by atoms with Crippen LogP contribution in [0.2, 0.25) is 0 Å². The first-order valence-electron chi connectivity index (χ1n) is 6.75. The number of imide groups is 1. The van der Waals surface area contributed by atoms with Gasteiger partial charge < -0.3 is 13.9 Å². The van der Waals surface area contributed by atoms with Crippen LogP contribution in [0, 0.1) is 0 Å². The van der Waals surface area contributed by atoms with Crippen LogP contribution < -0.4 is 5.32 Å². The van der Waals surface area contributed by atoms with Gasteiger partial charge in [0.25, 0.3) is 5.91 Å². The molecule has 8 nitrogen and oxygen atoms in total. The standard InChI is InChI=1S/C15H14N2O6/c1-2-21-15(20)17-12(18)9-22-14(19)8-7-13-16-10-5-3-4-6-11(10)23-13/h3-8H,2,9H2,1H3,(H,17,18,20)/b8-7+. The van der Waals surface area contributed by atoms with Gasteiger partial charge in [-0.1, -0.05) is 12.1 Å². The van der Waals surface area contributed by atoms with Crippen molar-refractivity contribution in [1.82, 2.24) is 10.3 Å². The lowest BCUT2D eigenvalue weighted by atomic mass is 10.3. The number of esters is 1. The number of fused-ring (bicyclic) bond motifs is 1. The van der Waals surface area contributed by atoms with E-state index in [1.165, 1.54) is 6.08 Å². The smallest absolute Gasteiger partial charge is 0.413 e. The van der Waals surface area contributed by atoms with Crippen molar-refractivity contribution in [2.45, 2.75) is 6.92 Å². The number of aromatic nitrogens is 1. The van der Waals surface area contributed by atoms with Crippen LogP contribution in [0.4, 0.5) is 4.79 Å². The van der Waals surface area contributed by atoms with E-state index >= 15 is 0 Å². The van der Waals surface area contributed by atoms with E-state index in [2.05, 4.69) is 14.5 Å². The van der Waals surface area contributed by atoms with Gasteiger partial charge in [-0.25, -0.2) is 14.6 Å². The molecule has 8 heteroatoms. The van der Waals surface area contributed by atoms with Gasteiger partial charge in [-0.15, -0.1) is 0 Å². The van der Waals surface area contributed by atoms with Crippen molar-refractivity contribution in [3.63, 3.8) is 0 Å². The Kier molecular flexibility index (Phi) is 5.45. The molecule has 0 saturated carbocycles. The summed E-state index contributed by atoms with van der Waals surface area (Å²) in [5, 5.41) is 1.90. The molecule has 0 unspecified atom stereocenters. The van der Waals surface area contributed by atoms with Crippen LogP contribution in [0.1, 0.15) is 12.8 Å². The molecule has 1 aromatic carbocycles. The summed E-state index contributed by atoms with van der Waals surface area (Å²) < 4.78 is 14.5. The largest absolute Gasteiger partial charge is 0.452 e. The van der Waals surface area contributed by atoms with Gasteiger partial charge in [-0.05, 0) is 19.1 Å². The van der Waals surface area contributed by atoms with Gasteiger partial charge in [0.1, 0.15) is 5.52 Å². The number of hydrogen-bond donors (Lipinski definition) is 1. The van der Waals surface area contributed by atoms with E-state index in [0.717, 1.165) is 6.08 Å². The number of amides is 2. The number of para-hydroxylation sites is 2. The molecule has 1 heterocycles. The van der Waals surface area contributed by atoms with Crippen molar-refractivity contribution in [3.05, 3.63) is 36.2 Å². The number of carbonyl (C=O) groups excluding carboxylic acids is 3. The predicted molar refractivity (Wildman–Crippen MR) is 79.2 cm³/mol. The van der Waals surface area contributed by atoms with Crippen molar-refractivity contribution < 1.29 is 28.3 Å². The summed E-state index contributed by atoms with van der Waals surface area (Å²) in [6, 6.07) is 7.14. The Bertz CT molecular complexity index is 716. The molecule has 0 aliphatic heterocycles. The van der Waals surface area contributed by atoms with Crippen LogP contribution in [0.5, 0.6) is 0 Å². The maximum atomic E-state index is 11.5. The molecule has 0 spiro atoms. The second-order valence-corrected chi connectivity index (χ2v) is 4.23. The highest BCUT2D eigenvalue weighted by Crippen LogP contribution is 2.15. The number of rotatable bonds is 5. The molecule has 0 bridgehead atoms. The fourth-order valence-corrected chi connectivity index (χ4v) is 1.60. The minimum absolute atomic E-state index is 0.131. The lowest BCUT2D eigenvalue weighted by Crippen LogP contribution is -2.34. The van der Waals surface area contributed by atoms with E-state index < -0.39 is 24.6 Å². The van der Waals surface area contributed by atoms with Crippen molar-refractivity contribution >= 4 is 35.1 Å². The highest BCUT2D eigenvalue weighted by atomic mass is 16.6. The third-order valence-corrected chi connectivity index (χ3v) is 2.53. The Hall–Kier alpha value is -3.16. The predicted octanol–water partition coefficient (Wildman–Crippen LogP) is 1.66. The van der Waals surface area contributed by atoms with Crippen LogP contribution >= 0.6 is 0 Å². The second kappa shape index (κ2) is 7.74. The second-order valence-electron chi connectivity index (χ2n) is 4.23. The van der Waals surface area contributed by atoms with Crippen molar-refractivity contribution in [3.8, 4) is 0 Å². The molecule has 2 aromatic rings. The first-order valence-corrected chi connectivity index (χ1v) is 6.75. The number of alkyl carbamates (subject to hydrolysis) is 1. The molecule has 120 valence electrons. The average Bonchev–Trinajstić information content (AvgIpc) is 2.94. The minimum atomic E-state index is -0.893. The van der Waals surface area contributed by atoms with E-state index in [0.29, 0.717) is 11.1 Å². The third-order valence-electron chi connectivity index (χ3n) is 2.53. The zero-order chi connectivity index (χ0) is 16.7. The molecule has 0 atom stereocenters. The summed E-state index contributed by atoms with van der Waals surface area (Å²) in [6.45, 7) is 1.13. The number of hydrogen-bond acceptors (Lipinski definition) is 7. The molecule has 0 fully saturated rings. The topological polar surface area (TPSA) is 108 Å². The summed E-state index contributed by atoms with van der Waals surface area (Å²) >= 11 is 0. The molecule has 2 amide bonds. The first kappa shape index (κ1) is 16.2. The van der Waals surface area contributed by atoms with E-state index in [9.17, 15) is 14.4 Å². The first-order chi connectivity index (χ1) is 11.1. The van der Waals surface area contributed by atoms with E-state index in [1.807, 2.05) is 11.4 Å². The van der Waals surface area contributed by atoms with Gasteiger partial charge in [-0.2, -0.15) is 0 Å². The molecule has 0 saturated heterocycles. The summed E-state index contributed by atoms with van der Waals surface area (Å²) in [5.41, 5.74) is 1.25. The number of benzene rings is 1. The lowest BCUT2D eigenvalue weighted by molar-refractivity contribution is -0.143. The van der Waals surface area contributed by atoms with Crippen molar-refractivity contribution in [1.29, 1.82) is 0 Å². The molecule has 0 aliphatic rings. The summed E-state index contributed by atoms with van der Waals surface area (Å²) in [4.78, 5) is 37.9. The normalized spacial score (nSPS) is 10.7. The highest BCUT2D eigenvalue weighted by Gasteiger charge is 2.10. The fourth-order valence-electron chi connectivity index (χ4n) is 1.60. The summed E-state index contributed by atoms with van der Waals surface area (Å²) in [6.07, 6.45) is 1.50. The molecule has 0 aliphatic carbocycles. The maximum Gasteiger partial charge on any atom is 0.413 e. The molecule has 2 rings (SSSR count). The third kappa shape index (κ3) is 4.95. The number of carbonyl (C=O) groups is 3. The van der Waals surface area contributed by atoms with Crippen LogP contribution in [0.15, 0.2) is 34.8 Å². The van der Waals surface area contributed by atoms with Gasteiger partial charge in [0.15, 0.2) is 12.2 Å². The Labute approximate surface area is 131 Å². The fraction of sp³-hybridized carbons (Fsp3) is 0.200. The van der Waals surface area contributed by atoms with Crippen molar-refractivity contribution in [2.24, 2.45) is 0 Å². The maximum absolute atomic E-state index is 11.5. The summed E-state index contributed by atoms with van der Waals surface area (Å²) in [5.74, 6) is -1.32. The van der Waals surface area contributed by atoms with Gasteiger partial charge >= 0.3 is 12.1 Å². The molecular weight excluding hydrogens is 304 g/mol. The van der Waals surface area contributed by atoms with Crippen LogP contribution in [0.3, 0.4) is 0 Å². The quantitative estimate of drug-likeness (QED) is 0.659. The van der Waals surface area contributed by atoms with Gasteiger partial charge in [-0.3, -0.25) is 10.1 Å². The molecule has 0 radical (unpaired) electrons. The Morgan fingerprint density at radius 3 is 2.78 bits per heavy atom. The molecular formula is C15H14N2O6. The average molecular weight is 318 g/mol. The van der Waals surface area contributed by atoms with Crippen LogP contribution in [-0.4, -0.2) is 36.2 Å².